The fourth-order valence-corrected chi connectivity index (χ4v) is 3.40. The van der Waals surface area contributed by atoms with Gasteiger partial charge in [0.1, 0.15) is 23.2 Å². The van der Waals surface area contributed by atoms with Crippen molar-refractivity contribution in [1.82, 2.24) is 9.55 Å². The summed E-state index contributed by atoms with van der Waals surface area (Å²) in [6.45, 7) is 1.98. The molecule has 0 saturated heterocycles. The first-order valence-corrected chi connectivity index (χ1v) is 8.72. The van der Waals surface area contributed by atoms with Gasteiger partial charge in [0.05, 0.1) is 23.2 Å². The Bertz CT molecular complexity index is 1150. The molecule has 0 spiro atoms. The highest BCUT2D eigenvalue weighted by molar-refractivity contribution is 6.30. The van der Waals surface area contributed by atoms with Gasteiger partial charge in [0, 0.05) is 12.7 Å². The molecule has 1 aromatic heterocycles. The van der Waals surface area contributed by atoms with Crippen molar-refractivity contribution >= 4 is 28.1 Å². The van der Waals surface area contributed by atoms with Gasteiger partial charge in [-0.1, -0.05) is 6.07 Å². The number of nitrogens with zero attached hydrogens (tertiary/aromatic N) is 3. The second-order valence-electron chi connectivity index (χ2n) is 6.78. The van der Waals surface area contributed by atoms with Crippen LogP contribution in [0.1, 0.15) is 11.4 Å². The predicted molar refractivity (Wildman–Crippen MR) is 103 cm³/mol. The van der Waals surface area contributed by atoms with E-state index in [1.165, 1.54) is 29.2 Å². The first kappa shape index (κ1) is 18.9. The Morgan fingerprint density at radius 2 is 1.83 bits per heavy atom. The van der Waals surface area contributed by atoms with Crippen LogP contribution in [0.3, 0.4) is 0 Å². The summed E-state index contributed by atoms with van der Waals surface area (Å²) >= 11 is 0. The van der Waals surface area contributed by atoms with Crippen LogP contribution in [0.25, 0.3) is 16.6 Å². The molecule has 3 aromatic rings. The van der Waals surface area contributed by atoms with E-state index in [4.69, 9.17) is 5.41 Å². The number of fused-ring (bicyclic) bond motifs is 1. The number of halogens is 3. The van der Waals surface area contributed by atoms with Crippen molar-refractivity contribution < 1.29 is 23.0 Å². The molecular weight excluding hydrogens is 385 g/mol. The van der Waals surface area contributed by atoms with Gasteiger partial charge in [0.25, 0.3) is 0 Å². The molecule has 2 N–H and O–H groups in total. The van der Waals surface area contributed by atoms with Gasteiger partial charge in [-0.3, -0.25) is 5.41 Å². The molecule has 0 atom stereocenters. The number of aryl methyl sites for hydroxylation is 2. The van der Waals surface area contributed by atoms with Gasteiger partial charge in [0.15, 0.2) is 0 Å². The molecule has 0 unspecified atom stereocenters. The highest BCUT2D eigenvalue weighted by Gasteiger charge is 2.33. The molecule has 2 heterocycles. The molecule has 6 nitrogen and oxygen atoms in total. The van der Waals surface area contributed by atoms with Crippen LogP contribution >= 0.6 is 0 Å². The lowest BCUT2D eigenvalue weighted by Crippen LogP contribution is -2.26. The number of amidine groups is 1. The molecule has 29 heavy (non-hydrogen) atoms. The molecule has 0 bridgehead atoms. The SMILES string of the molecule is Cc1ccc2c(c1)nc(C1=C(O)CN(c3ccc(OC(F)(F)F)cc3)C1=N)n2C. The Labute approximate surface area is 164 Å². The van der Waals surface area contributed by atoms with E-state index >= 15 is 0 Å². The third-order valence-corrected chi connectivity index (χ3v) is 4.75. The zero-order chi connectivity index (χ0) is 20.9. The topological polar surface area (TPSA) is 74.4 Å². The van der Waals surface area contributed by atoms with Crippen LogP contribution in [0.2, 0.25) is 0 Å². The van der Waals surface area contributed by atoms with Crippen LogP contribution < -0.4 is 9.64 Å². The Kier molecular flexibility index (Phi) is 4.25. The first-order valence-electron chi connectivity index (χ1n) is 8.72. The number of ether oxygens (including phenoxy) is 1. The molecule has 0 amide bonds. The van der Waals surface area contributed by atoms with Crippen LogP contribution in [0, 0.1) is 12.3 Å². The van der Waals surface area contributed by atoms with Crippen molar-refractivity contribution in [2.45, 2.75) is 13.3 Å². The number of rotatable bonds is 3. The van der Waals surface area contributed by atoms with Crippen LogP contribution in [-0.2, 0) is 7.05 Å². The minimum atomic E-state index is -4.77. The quantitative estimate of drug-likeness (QED) is 0.674. The van der Waals surface area contributed by atoms with Gasteiger partial charge >= 0.3 is 6.36 Å². The third-order valence-electron chi connectivity index (χ3n) is 4.75. The van der Waals surface area contributed by atoms with Crippen molar-refractivity contribution in [1.29, 1.82) is 5.41 Å². The van der Waals surface area contributed by atoms with E-state index in [0.29, 0.717) is 11.5 Å². The Balaban J connectivity index is 1.65. The third kappa shape index (κ3) is 3.39. The number of aromatic nitrogens is 2. The summed E-state index contributed by atoms with van der Waals surface area (Å²) in [5.41, 5.74) is 3.41. The maximum Gasteiger partial charge on any atom is 0.573 e. The second-order valence-corrected chi connectivity index (χ2v) is 6.78. The molecule has 1 aliphatic rings. The number of imidazole rings is 1. The van der Waals surface area contributed by atoms with Crippen molar-refractivity contribution in [3.05, 3.63) is 59.6 Å². The minimum Gasteiger partial charge on any atom is -0.509 e. The number of nitrogens with one attached hydrogen (secondary N) is 1. The zero-order valence-corrected chi connectivity index (χ0v) is 15.6. The standard InChI is InChI=1S/C20H17F3N4O2/c1-11-3-8-15-14(9-11)25-19(26(15)2)17-16(28)10-27(18(17)24)12-4-6-13(7-5-12)29-20(21,22)23/h3-9,24,28H,10H2,1-2H3. The lowest BCUT2D eigenvalue weighted by atomic mass is 10.2. The molecule has 150 valence electrons. The summed E-state index contributed by atoms with van der Waals surface area (Å²) in [4.78, 5) is 6.06. The Morgan fingerprint density at radius 1 is 1.14 bits per heavy atom. The van der Waals surface area contributed by atoms with E-state index in [9.17, 15) is 18.3 Å². The molecule has 2 aromatic carbocycles. The first-order chi connectivity index (χ1) is 13.6. The van der Waals surface area contributed by atoms with E-state index in [0.717, 1.165) is 16.6 Å². The number of aliphatic hydroxyl groups is 1. The molecule has 0 fully saturated rings. The number of hydrogen-bond acceptors (Lipinski definition) is 4. The molecule has 0 radical (unpaired) electrons. The van der Waals surface area contributed by atoms with Gasteiger partial charge < -0.3 is 19.3 Å². The highest BCUT2D eigenvalue weighted by Crippen LogP contribution is 2.33. The number of anilines is 1. The molecule has 0 saturated carbocycles. The predicted octanol–water partition coefficient (Wildman–Crippen LogP) is 4.55. The van der Waals surface area contributed by atoms with Gasteiger partial charge in [-0.15, -0.1) is 13.2 Å². The molecule has 9 heteroatoms. The van der Waals surface area contributed by atoms with Crippen LogP contribution in [0.5, 0.6) is 5.75 Å². The fourth-order valence-electron chi connectivity index (χ4n) is 3.40. The number of benzene rings is 2. The Morgan fingerprint density at radius 3 is 2.48 bits per heavy atom. The molecule has 4 rings (SSSR count). The average molecular weight is 402 g/mol. The van der Waals surface area contributed by atoms with Crippen molar-refractivity contribution in [2.24, 2.45) is 7.05 Å². The largest absolute Gasteiger partial charge is 0.573 e. The van der Waals surface area contributed by atoms with Crippen LogP contribution in [0.4, 0.5) is 18.9 Å². The average Bonchev–Trinajstić information content (AvgIpc) is 3.10. The molecule has 1 aliphatic heterocycles. The number of aliphatic hydroxyl groups excluding tert-OH is 1. The van der Waals surface area contributed by atoms with E-state index in [1.807, 2.05) is 25.1 Å². The normalized spacial score (nSPS) is 14.9. The molecule has 0 aliphatic carbocycles. The van der Waals surface area contributed by atoms with E-state index in [2.05, 4.69) is 9.72 Å². The zero-order valence-electron chi connectivity index (χ0n) is 15.6. The van der Waals surface area contributed by atoms with Crippen molar-refractivity contribution in [3.63, 3.8) is 0 Å². The van der Waals surface area contributed by atoms with E-state index in [1.54, 1.807) is 11.6 Å². The summed E-state index contributed by atoms with van der Waals surface area (Å²) in [6, 6.07) is 11.0. The lowest BCUT2D eigenvalue weighted by Gasteiger charge is -2.19. The van der Waals surface area contributed by atoms with Gasteiger partial charge in [-0.25, -0.2) is 4.98 Å². The fraction of sp³-hybridized carbons (Fsp3) is 0.200. The maximum atomic E-state index is 12.3. The number of alkyl halides is 3. The summed E-state index contributed by atoms with van der Waals surface area (Å²) in [5, 5.41) is 19.0. The van der Waals surface area contributed by atoms with E-state index in [-0.39, 0.29) is 29.5 Å². The van der Waals surface area contributed by atoms with Crippen LogP contribution in [-0.4, -0.2) is 33.4 Å². The van der Waals surface area contributed by atoms with Gasteiger partial charge in [-0.05, 0) is 48.9 Å². The number of hydrogen-bond donors (Lipinski definition) is 2. The van der Waals surface area contributed by atoms with Gasteiger partial charge in [-0.2, -0.15) is 0 Å². The van der Waals surface area contributed by atoms with Crippen LogP contribution in [0.15, 0.2) is 48.2 Å². The van der Waals surface area contributed by atoms with Gasteiger partial charge in [0.2, 0.25) is 0 Å². The summed E-state index contributed by atoms with van der Waals surface area (Å²) in [6.07, 6.45) is -4.77. The lowest BCUT2D eigenvalue weighted by molar-refractivity contribution is -0.274. The monoisotopic (exact) mass is 402 g/mol. The maximum absolute atomic E-state index is 12.3. The molecular formula is C20H17F3N4O2. The van der Waals surface area contributed by atoms with E-state index < -0.39 is 6.36 Å². The highest BCUT2D eigenvalue weighted by atomic mass is 19.4. The second kappa shape index (κ2) is 6.54. The van der Waals surface area contributed by atoms with Crippen molar-refractivity contribution in [2.75, 3.05) is 11.4 Å². The smallest absolute Gasteiger partial charge is 0.509 e. The minimum absolute atomic E-state index is 0.0158. The summed E-state index contributed by atoms with van der Waals surface area (Å²) < 4.78 is 42.7. The summed E-state index contributed by atoms with van der Waals surface area (Å²) in [5.74, 6) is 0.0885. The Hall–Kier alpha value is -3.49. The van der Waals surface area contributed by atoms with Crippen molar-refractivity contribution in [3.8, 4) is 5.75 Å². The summed E-state index contributed by atoms with van der Waals surface area (Å²) in [7, 11) is 1.81.